The second-order valence-corrected chi connectivity index (χ2v) is 11.1. The number of hydrogen-bond donors (Lipinski definition) is 1. The molecule has 174 valence electrons. The molecule has 0 radical (unpaired) electrons. The van der Waals surface area contributed by atoms with E-state index in [4.69, 9.17) is 4.52 Å². The number of anilines is 1. The fourth-order valence-corrected chi connectivity index (χ4v) is 6.23. The molecule has 33 heavy (non-hydrogen) atoms. The first-order valence-electron chi connectivity index (χ1n) is 10.8. The number of nitrogens with one attached hydrogen (secondary N) is 1. The highest BCUT2D eigenvalue weighted by molar-refractivity contribution is 7.89. The number of carbonyl (C=O) groups excluding carboxylic acids is 1. The van der Waals surface area contributed by atoms with Gasteiger partial charge in [0.1, 0.15) is 5.69 Å². The zero-order valence-electron chi connectivity index (χ0n) is 18.9. The number of aryl methyl sites for hydroxylation is 3. The van der Waals surface area contributed by atoms with Gasteiger partial charge in [0.25, 0.3) is 0 Å². The molecule has 7 nitrogen and oxygen atoms in total. The molecule has 9 heteroatoms. The third-order valence-electron chi connectivity index (χ3n) is 5.97. The van der Waals surface area contributed by atoms with Gasteiger partial charge in [0, 0.05) is 29.6 Å². The molecule has 0 unspecified atom stereocenters. The van der Waals surface area contributed by atoms with E-state index < -0.39 is 10.0 Å². The van der Waals surface area contributed by atoms with Crippen molar-refractivity contribution >= 4 is 45.1 Å². The van der Waals surface area contributed by atoms with E-state index in [0.29, 0.717) is 18.5 Å². The molecule has 3 heterocycles. The summed E-state index contributed by atoms with van der Waals surface area (Å²) >= 11 is 1.55. The molecule has 1 aliphatic heterocycles. The third-order valence-corrected chi connectivity index (χ3v) is 8.87. The van der Waals surface area contributed by atoms with Crippen LogP contribution in [0.5, 0.6) is 0 Å². The van der Waals surface area contributed by atoms with Crippen molar-refractivity contribution in [3.63, 3.8) is 0 Å². The molecule has 1 fully saturated rings. The van der Waals surface area contributed by atoms with E-state index in [1.165, 1.54) is 9.87 Å². The number of amides is 1. The third kappa shape index (κ3) is 5.10. The molecule has 1 N–H and O–H groups in total. The van der Waals surface area contributed by atoms with Crippen LogP contribution in [-0.2, 0) is 14.8 Å². The number of thiophene rings is 1. The zero-order valence-corrected chi connectivity index (χ0v) is 20.5. The van der Waals surface area contributed by atoms with Gasteiger partial charge in [-0.3, -0.25) is 4.79 Å². The van der Waals surface area contributed by atoms with E-state index in [0.717, 1.165) is 16.1 Å². The number of benzene rings is 1. The first-order valence-corrected chi connectivity index (χ1v) is 13.1. The van der Waals surface area contributed by atoms with Crippen molar-refractivity contribution in [1.29, 1.82) is 0 Å². The molecular formula is C24H27N3O4S2. The molecule has 3 aromatic rings. The van der Waals surface area contributed by atoms with Crippen molar-refractivity contribution in [3.05, 3.63) is 63.2 Å². The van der Waals surface area contributed by atoms with E-state index in [9.17, 15) is 13.2 Å². The monoisotopic (exact) mass is 485 g/mol. The topological polar surface area (TPSA) is 92.5 Å². The van der Waals surface area contributed by atoms with Crippen molar-refractivity contribution in [3.8, 4) is 0 Å². The maximum Gasteiger partial charge on any atom is 0.248 e. The van der Waals surface area contributed by atoms with Crippen LogP contribution in [0.2, 0.25) is 0 Å². The molecule has 1 saturated heterocycles. The lowest BCUT2D eigenvalue weighted by atomic mass is 9.97. The van der Waals surface area contributed by atoms with Gasteiger partial charge in [-0.15, -0.1) is 11.3 Å². The van der Waals surface area contributed by atoms with Crippen LogP contribution < -0.4 is 5.32 Å². The van der Waals surface area contributed by atoms with E-state index in [2.05, 4.69) is 10.5 Å². The average Bonchev–Trinajstić information content (AvgIpc) is 3.44. The molecule has 0 saturated carbocycles. The summed E-state index contributed by atoms with van der Waals surface area (Å²) in [6.45, 7) is 6.20. The summed E-state index contributed by atoms with van der Waals surface area (Å²) in [7, 11) is -3.79. The number of piperidine rings is 1. The van der Waals surface area contributed by atoms with Gasteiger partial charge in [-0.25, -0.2) is 8.42 Å². The van der Waals surface area contributed by atoms with E-state index >= 15 is 0 Å². The van der Waals surface area contributed by atoms with Gasteiger partial charge in [-0.05, 0) is 80.5 Å². The van der Waals surface area contributed by atoms with Crippen LogP contribution in [0.1, 0.15) is 40.3 Å². The Labute approximate surface area is 198 Å². The Morgan fingerprint density at radius 1 is 1.15 bits per heavy atom. The van der Waals surface area contributed by atoms with Crippen molar-refractivity contribution in [2.75, 3.05) is 18.4 Å². The normalized spacial score (nSPS) is 15.8. The predicted molar refractivity (Wildman–Crippen MR) is 131 cm³/mol. The largest absolute Gasteiger partial charge is 0.355 e. The fraction of sp³-hybridized carbons (Fsp3) is 0.333. The number of hydrogen-bond acceptors (Lipinski definition) is 6. The molecule has 0 aliphatic carbocycles. The summed E-state index contributed by atoms with van der Waals surface area (Å²) in [6, 6.07) is 9.68. The highest BCUT2D eigenvalue weighted by Gasteiger charge is 2.36. The van der Waals surface area contributed by atoms with Gasteiger partial charge in [-0.2, -0.15) is 4.31 Å². The maximum absolute atomic E-state index is 13.4. The number of carbonyl (C=O) groups is 1. The second kappa shape index (κ2) is 9.62. The Balaban J connectivity index is 1.43. The summed E-state index contributed by atoms with van der Waals surface area (Å²) < 4.78 is 33.5. The Kier molecular flexibility index (Phi) is 6.83. The van der Waals surface area contributed by atoms with E-state index in [1.54, 1.807) is 24.3 Å². The minimum absolute atomic E-state index is 0.0731. The lowest BCUT2D eigenvalue weighted by molar-refractivity contribution is -0.120. The Hall–Kier alpha value is -2.75. The fourth-order valence-electron chi connectivity index (χ4n) is 3.89. The molecule has 0 atom stereocenters. The quantitative estimate of drug-likeness (QED) is 0.538. The summed E-state index contributed by atoms with van der Waals surface area (Å²) in [4.78, 5) is 13.8. The smallest absolute Gasteiger partial charge is 0.248 e. The van der Waals surface area contributed by atoms with E-state index in [-0.39, 0.29) is 35.6 Å². The van der Waals surface area contributed by atoms with Crippen molar-refractivity contribution in [2.24, 2.45) is 5.92 Å². The van der Waals surface area contributed by atoms with Crippen LogP contribution in [-0.4, -0.2) is 36.9 Å². The molecule has 1 amide bonds. The highest BCUT2D eigenvalue weighted by atomic mass is 32.2. The summed E-state index contributed by atoms with van der Waals surface area (Å²) in [5.74, 6) is -0.0913. The van der Waals surface area contributed by atoms with Gasteiger partial charge in [0.05, 0.1) is 0 Å². The van der Waals surface area contributed by atoms with Crippen molar-refractivity contribution < 1.29 is 17.7 Å². The molecule has 0 bridgehead atoms. The molecule has 4 rings (SSSR count). The van der Waals surface area contributed by atoms with Gasteiger partial charge >= 0.3 is 0 Å². The van der Waals surface area contributed by atoms with Crippen LogP contribution in [0.25, 0.3) is 12.2 Å². The number of aromatic nitrogens is 1. The number of sulfonamides is 1. The van der Waals surface area contributed by atoms with Crippen LogP contribution in [0.4, 0.5) is 5.69 Å². The minimum Gasteiger partial charge on any atom is -0.355 e. The summed E-state index contributed by atoms with van der Waals surface area (Å²) in [5, 5.41) is 8.80. The molecule has 1 aliphatic rings. The van der Waals surface area contributed by atoms with Crippen LogP contribution in [0.15, 0.2) is 45.1 Å². The molecular weight excluding hydrogens is 458 g/mol. The number of nitrogens with zero attached hydrogens (tertiary/aromatic N) is 2. The molecule has 2 aromatic heterocycles. The summed E-state index contributed by atoms with van der Waals surface area (Å²) in [5.41, 5.74) is 3.37. The van der Waals surface area contributed by atoms with Crippen LogP contribution >= 0.6 is 11.3 Å². The lowest BCUT2D eigenvalue weighted by Crippen LogP contribution is -2.41. The SMILES string of the molecule is Cc1ccc(NC(=O)C2CCN(S(=O)(=O)c3c(C)noc3C=Cc3cccs3)CC2)cc1C. The Morgan fingerprint density at radius 3 is 2.58 bits per heavy atom. The molecule has 0 spiro atoms. The highest BCUT2D eigenvalue weighted by Crippen LogP contribution is 2.30. The standard InChI is InChI=1S/C24H27N3O4S2/c1-16-6-7-20(15-17(16)2)25-24(28)19-10-12-27(13-11-19)33(29,30)23-18(3)26-31-22(23)9-8-21-5-4-14-32-21/h4-9,14-15,19H,10-13H2,1-3H3,(H,25,28). The van der Waals surface area contributed by atoms with Crippen molar-refractivity contribution in [1.82, 2.24) is 9.46 Å². The van der Waals surface area contributed by atoms with Gasteiger partial charge in [-0.1, -0.05) is 17.3 Å². The molecule has 1 aromatic carbocycles. The van der Waals surface area contributed by atoms with Crippen LogP contribution in [0, 0.1) is 26.7 Å². The zero-order chi connectivity index (χ0) is 23.6. The van der Waals surface area contributed by atoms with Gasteiger partial charge in [0.15, 0.2) is 10.7 Å². The van der Waals surface area contributed by atoms with Crippen molar-refractivity contribution in [2.45, 2.75) is 38.5 Å². The number of rotatable bonds is 6. The van der Waals surface area contributed by atoms with Gasteiger partial charge in [0.2, 0.25) is 15.9 Å². The average molecular weight is 486 g/mol. The Morgan fingerprint density at radius 2 is 1.91 bits per heavy atom. The van der Waals surface area contributed by atoms with Gasteiger partial charge < -0.3 is 9.84 Å². The second-order valence-electron chi connectivity index (χ2n) is 8.28. The predicted octanol–water partition coefficient (Wildman–Crippen LogP) is 4.87. The van der Waals surface area contributed by atoms with Crippen LogP contribution in [0.3, 0.4) is 0 Å². The lowest BCUT2D eigenvalue weighted by Gasteiger charge is -2.30. The first kappa shape index (κ1) is 23.4. The first-order chi connectivity index (χ1) is 15.8. The maximum atomic E-state index is 13.4. The van der Waals surface area contributed by atoms with E-state index in [1.807, 2.05) is 55.6 Å². The Bertz CT molecular complexity index is 1270. The summed E-state index contributed by atoms with van der Waals surface area (Å²) in [6.07, 6.45) is 4.37. The minimum atomic E-state index is -3.79.